The van der Waals surface area contributed by atoms with Crippen LogP contribution < -0.4 is 0 Å². The fourth-order valence-corrected chi connectivity index (χ4v) is 1.90. The molecule has 19 heavy (non-hydrogen) atoms. The predicted octanol–water partition coefficient (Wildman–Crippen LogP) is -0.438. The molecule has 0 amide bonds. The first kappa shape index (κ1) is 15.0. The molecule has 0 fully saturated rings. The van der Waals surface area contributed by atoms with Gasteiger partial charge in [0.25, 0.3) is 0 Å². The van der Waals surface area contributed by atoms with Gasteiger partial charge in [-0.1, -0.05) is 18.2 Å². The molecule has 0 spiro atoms. The number of Topliss-reactive ketones (excluding diaryl/α,β-unsaturated/α-hetero) is 1. The van der Waals surface area contributed by atoms with E-state index >= 15 is 0 Å². The van der Waals surface area contributed by atoms with Crippen LogP contribution in [0.4, 0.5) is 5.69 Å². The van der Waals surface area contributed by atoms with Gasteiger partial charge in [0.05, 0.1) is 11.9 Å². The summed E-state index contributed by atoms with van der Waals surface area (Å²) in [5.41, 5.74) is 0.676. The topological polar surface area (TPSA) is 121 Å². The highest BCUT2D eigenvalue weighted by Crippen LogP contribution is 2.24. The van der Waals surface area contributed by atoms with Crippen molar-refractivity contribution in [1.29, 1.82) is 0 Å². The minimum absolute atomic E-state index is 0. The average molecular weight is 285 g/mol. The monoisotopic (exact) mass is 285 g/mol. The number of carbonyl (C=O) groups is 2. The molecule has 1 aliphatic rings. The number of benzene rings is 1. The van der Waals surface area contributed by atoms with E-state index in [1.165, 1.54) is 0 Å². The second kappa shape index (κ2) is 5.29. The van der Waals surface area contributed by atoms with Crippen molar-refractivity contribution in [1.82, 2.24) is 0 Å². The van der Waals surface area contributed by atoms with E-state index in [1.54, 1.807) is 24.3 Å². The maximum Gasteiger partial charge on any atom is 0.376 e. The normalized spacial score (nSPS) is 13.9. The fraction of sp³-hybridized carbons (Fsp3) is 0.182. The van der Waals surface area contributed by atoms with E-state index in [1.807, 2.05) is 0 Å². The molecule has 0 aromatic heterocycles. The molecular weight excluding hydrogens is 274 g/mol. The molecule has 0 radical (unpaired) electrons. The number of nitrogens with zero attached hydrogens (tertiary/aromatic N) is 1. The van der Waals surface area contributed by atoms with Gasteiger partial charge in [-0.05, 0) is 11.6 Å². The molecule has 2 N–H and O–H groups in total. The minimum Gasteiger partial charge on any atom is -0.412 e. The van der Waals surface area contributed by atoms with Crippen LogP contribution in [0.3, 0.4) is 0 Å². The Labute approximate surface area is 109 Å². The third-order valence-corrected chi connectivity index (χ3v) is 2.71. The lowest BCUT2D eigenvalue weighted by molar-refractivity contribution is -0.127. The molecule has 0 bridgehead atoms. The van der Waals surface area contributed by atoms with Gasteiger partial charge in [-0.15, -0.1) is 0 Å². The third kappa shape index (κ3) is 3.46. The molecule has 1 aliphatic heterocycles. The van der Waals surface area contributed by atoms with E-state index in [4.69, 9.17) is 0 Å². The van der Waals surface area contributed by atoms with Gasteiger partial charge in [-0.25, -0.2) is 9.79 Å². The number of carbonyl (C=O) groups excluding carboxylic acids is 2. The predicted molar refractivity (Wildman–Crippen MR) is 66.8 cm³/mol. The van der Waals surface area contributed by atoms with Crippen molar-refractivity contribution in [3.05, 3.63) is 29.8 Å². The second-order valence-corrected chi connectivity index (χ2v) is 5.34. The van der Waals surface area contributed by atoms with E-state index in [9.17, 15) is 18.0 Å². The summed E-state index contributed by atoms with van der Waals surface area (Å²) in [7, 11) is -3.96. The maximum absolute atomic E-state index is 11.7. The van der Waals surface area contributed by atoms with E-state index in [-0.39, 0.29) is 11.9 Å². The number of hydrogen-bond donors (Lipinski definition) is 0. The summed E-state index contributed by atoms with van der Waals surface area (Å²) in [4.78, 5) is 27.0. The van der Waals surface area contributed by atoms with Crippen LogP contribution in [0.2, 0.25) is 0 Å². The van der Waals surface area contributed by atoms with Crippen molar-refractivity contribution in [3.8, 4) is 0 Å². The van der Waals surface area contributed by atoms with E-state index in [0.29, 0.717) is 11.3 Å². The zero-order chi connectivity index (χ0) is 13.3. The van der Waals surface area contributed by atoms with Gasteiger partial charge in [0, 0.05) is 6.42 Å². The van der Waals surface area contributed by atoms with Crippen LogP contribution in [0.5, 0.6) is 0 Å². The molecular formula is C11H11NO6S. The zero-order valence-electron chi connectivity index (χ0n) is 9.91. The van der Waals surface area contributed by atoms with Crippen molar-refractivity contribution in [3.63, 3.8) is 0 Å². The van der Waals surface area contributed by atoms with Crippen LogP contribution in [0.1, 0.15) is 5.56 Å². The molecule has 102 valence electrons. The molecule has 0 atom stereocenters. The number of para-hydroxylation sites is 1. The molecule has 1 heterocycles. The van der Waals surface area contributed by atoms with Gasteiger partial charge in [0.1, 0.15) is 0 Å². The summed E-state index contributed by atoms with van der Waals surface area (Å²) >= 11 is 0. The van der Waals surface area contributed by atoms with Crippen LogP contribution in [0.15, 0.2) is 29.3 Å². The molecule has 1 aromatic rings. The van der Waals surface area contributed by atoms with Crippen molar-refractivity contribution in [2.45, 2.75) is 6.42 Å². The third-order valence-electron chi connectivity index (χ3n) is 2.26. The molecule has 0 unspecified atom stereocenters. The Hall–Kier alpha value is -2.06. The second-order valence-electron chi connectivity index (χ2n) is 3.76. The van der Waals surface area contributed by atoms with Crippen molar-refractivity contribution in [2.75, 3.05) is 6.26 Å². The van der Waals surface area contributed by atoms with Crippen molar-refractivity contribution in [2.24, 2.45) is 4.99 Å². The Morgan fingerprint density at radius 2 is 1.95 bits per heavy atom. The van der Waals surface area contributed by atoms with Crippen LogP contribution in [-0.4, -0.2) is 37.6 Å². The highest BCUT2D eigenvalue weighted by molar-refractivity contribution is 7.86. The largest absolute Gasteiger partial charge is 0.412 e. The number of hydrogen-bond acceptors (Lipinski definition) is 6. The summed E-state index contributed by atoms with van der Waals surface area (Å²) in [6, 6.07) is 6.81. The molecule has 0 saturated carbocycles. The zero-order valence-corrected chi connectivity index (χ0v) is 10.7. The van der Waals surface area contributed by atoms with Gasteiger partial charge < -0.3 is 9.66 Å². The van der Waals surface area contributed by atoms with E-state index in [0.717, 1.165) is 6.26 Å². The number of aliphatic imine (C=N–C) groups is 1. The summed E-state index contributed by atoms with van der Waals surface area (Å²) in [5.74, 6) is -1.79. The molecule has 8 heteroatoms. The molecule has 0 saturated heterocycles. The van der Waals surface area contributed by atoms with Crippen LogP contribution in [0.25, 0.3) is 0 Å². The Morgan fingerprint density at radius 3 is 2.58 bits per heavy atom. The first-order chi connectivity index (χ1) is 8.37. The summed E-state index contributed by atoms with van der Waals surface area (Å²) < 4.78 is 25.8. The van der Waals surface area contributed by atoms with Gasteiger partial charge in [0.2, 0.25) is 0 Å². The lowest BCUT2D eigenvalue weighted by Crippen LogP contribution is -2.31. The molecule has 1 aromatic carbocycles. The van der Waals surface area contributed by atoms with Crippen LogP contribution in [-0.2, 0) is 30.3 Å². The number of fused-ring (bicyclic) bond motifs is 1. The summed E-state index contributed by atoms with van der Waals surface area (Å²) in [6.45, 7) is 0. The standard InChI is InChI=1S/C11H9NO5S.H2O/c1-18(15,16)17-11(14)10-9(13)6-7-4-2-3-5-8(7)12-10;/h2-5H,6H2,1H3;1H2. The molecule has 2 rings (SSSR count). The lowest BCUT2D eigenvalue weighted by atomic mass is 10.0. The van der Waals surface area contributed by atoms with Gasteiger partial charge in [0.15, 0.2) is 11.5 Å². The number of ketones is 1. The van der Waals surface area contributed by atoms with Gasteiger partial charge in [-0.2, -0.15) is 8.42 Å². The van der Waals surface area contributed by atoms with Gasteiger partial charge in [-0.3, -0.25) is 4.79 Å². The highest BCUT2D eigenvalue weighted by Gasteiger charge is 2.29. The van der Waals surface area contributed by atoms with Crippen LogP contribution >= 0.6 is 0 Å². The van der Waals surface area contributed by atoms with Crippen LogP contribution in [0, 0.1) is 0 Å². The Kier molecular flexibility index (Phi) is 4.17. The Morgan fingerprint density at radius 1 is 1.32 bits per heavy atom. The van der Waals surface area contributed by atoms with E-state index < -0.39 is 27.6 Å². The van der Waals surface area contributed by atoms with Crippen molar-refractivity contribution < 1.29 is 27.7 Å². The Bertz CT molecular complexity index is 662. The Balaban J connectivity index is 0.00000180. The highest BCUT2D eigenvalue weighted by atomic mass is 32.2. The summed E-state index contributed by atoms with van der Waals surface area (Å²) in [6.07, 6.45) is 0.737. The molecule has 7 nitrogen and oxygen atoms in total. The quantitative estimate of drug-likeness (QED) is 0.682. The first-order valence-corrected chi connectivity index (χ1v) is 6.82. The lowest BCUT2D eigenvalue weighted by Gasteiger charge is -2.12. The SMILES string of the molecule is CS(=O)(=O)OC(=O)C1=Nc2ccccc2CC1=O.O. The first-order valence-electron chi connectivity index (χ1n) is 5.00. The molecule has 0 aliphatic carbocycles. The number of rotatable bonds is 2. The fourth-order valence-electron chi connectivity index (χ4n) is 1.55. The summed E-state index contributed by atoms with van der Waals surface area (Å²) in [5, 5.41) is 0. The maximum atomic E-state index is 11.7. The smallest absolute Gasteiger partial charge is 0.376 e. The van der Waals surface area contributed by atoms with E-state index in [2.05, 4.69) is 9.18 Å². The van der Waals surface area contributed by atoms with Gasteiger partial charge >= 0.3 is 16.1 Å². The minimum atomic E-state index is -3.96. The average Bonchev–Trinajstić information content (AvgIpc) is 2.25. The van der Waals surface area contributed by atoms with Crippen molar-refractivity contribution >= 4 is 33.3 Å².